The summed E-state index contributed by atoms with van der Waals surface area (Å²) in [5.41, 5.74) is 0. The zero-order chi connectivity index (χ0) is 11.3. The molecule has 0 saturated carbocycles. The maximum absolute atomic E-state index is 5.67. The molecule has 0 aromatic rings. The Kier molecular flexibility index (Phi) is 5.58. The van der Waals surface area contributed by atoms with Gasteiger partial charge in [0.05, 0.1) is 12.7 Å². The Morgan fingerprint density at radius 2 is 2.13 bits per heavy atom. The molecule has 3 nitrogen and oxygen atoms in total. The van der Waals surface area contributed by atoms with Gasteiger partial charge in [-0.1, -0.05) is 20.8 Å². The van der Waals surface area contributed by atoms with Gasteiger partial charge in [0.25, 0.3) is 0 Å². The molecule has 0 aromatic heterocycles. The van der Waals surface area contributed by atoms with Gasteiger partial charge in [0.15, 0.2) is 0 Å². The number of hydrogen-bond acceptors (Lipinski definition) is 3. The van der Waals surface area contributed by atoms with E-state index in [-0.39, 0.29) is 0 Å². The van der Waals surface area contributed by atoms with Crippen molar-refractivity contribution in [2.45, 2.75) is 52.3 Å². The number of morpholine rings is 1. The number of hydrogen-bond donors (Lipinski definition) is 1. The van der Waals surface area contributed by atoms with Crippen LogP contribution in [0.25, 0.3) is 0 Å². The topological polar surface area (TPSA) is 24.5 Å². The fourth-order valence-electron chi connectivity index (χ4n) is 1.92. The highest BCUT2D eigenvalue weighted by molar-refractivity contribution is 4.77. The van der Waals surface area contributed by atoms with Crippen molar-refractivity contribution in [2.75, 3.05) is 26.2 Å². The normalized spacial score (nSPS) is 25.8. The van der Waals surface area contributed by atoms with Gasteiger partial charge in [-0.2, -0.15) is 0 Å². The largest absolute Gasteiger partial charge is 0.376 e. The molecule has 15 heavy (non-hydrogen) atoms. The van der Waals surface area contributed by atoms with Crippen molar-refractivity contribution >= 4 is 0 Å². The van der Waals surface area contributed by atoms with E-state index in [1.807, 2.05) is 0 Å². The Morgan fingerprint density at radius 1 is 1.40 bits per heavy atom. The van der Waals surface area contributed by atoms with Gasteiger partial charge >= 0.3 is 0 Å². The summed E-state index contributed by atoms with van der Waals surface area (Å²) in [4.78, 5) is 2.53. The first kappa shape index (κ1) is 12.9. The minimum atomic E-state index is 0.445. The summed E-state index contributed by atoms with van der Waals surface area (Å²) in [6.45, 7) is 13.0. The monoisotopic (exact) mass is 214 g/mol. The van der Waals surface area contributed by atoms with Crippen LogP contribution in [0.15, 0.2) is 0 Å². The van der Waals surface area contributed by atoms with Gasteiger partial charge < -0.3 is 10.1 Å². The first-order valence-electron chi connectivity index (χ1n) is 6.22. The third kappa shape index (κ3) is 4.49. The average Bonchev–Trinajstić information content (AvgIpc) is 2.26. The van der Waals surface area contributed by atoms with Crippen molar-refractivity contribution in [3.63, 3.8) is 0 Å². The number of nitrogens with one attached hydrogen (secondary N) is 1. The highest BCUT2D eigenvalue weighted by Crippen LogP contribution is 2.10. The molecule has 1 aliphatic rings. The van der Waals surface area contributed by atoms with Gasteiger partial charge in [-0.15, -0.1) is 0 Å². The summed E-state index contributed by atoms with van der Waals surface area (Å²) in [5.74, 6) is 0. The molecule has 2 atom stereocenters. The second-order valence-corrected chi connectivity index (χ2v) is 4.81. The quantitative estimate of drug-likeness (QED) is 0.750. The zero-order valence-corrected chi connectivity index (χ0v) is 10.6. The third-order valence-electron chi connectivity index (χ3n) is 3.07. The lowest BCUT2D eigenvalue weighted by molar-refractivity contribution is -0.0418. The molecule has 1 rings (SSSR count). The molecule has 0 aromatic carbocycles. The second-order valence-electron chi connectivity index (χ2n) is 4.81. The van der Waals surface area contributed by atoms with Crippen molar-refractivity contribution in [3.05, 3.63) is 0 Å². The lowest BCUT2D eigenvalue weighted by Gasteiger charge is -2.37. The summed E-state index contributed by atoms with van der Waals surface area (Å²) in [6, 6.07) is 1.20. The van der Waals surface area contributed by atoms with Crippen molar-refractivity contribution in [1.29, 1.82) is 0 Å². The van der Waals surface area contributed by atoms with Crippen LogP contribution in [0.1, 0.15) is 34.1 Å². The van der Waals surface area contributed by atoms with Gasteiger partial charge in [-0.05, 0) is 13.3 Å². The van der Waals surface area contributed by atoms with Crippen LogP contribution in [0.2, 0.25) is 0 Å². The van der Waals surface area contributed by atoms with Crippen LogP contribution in [-0.2, 0) is 4.74 Å². The molecule has 1 aliphatic heterocycles. The van der Waals surface area contributed by atoms with E-state index in [1.54, 1.807) is 0 Å². The number of ether oxygens (including phenoxy) is 1. The first-order chi connectivity index (χ1) is 7.13. The molecule has 0 radical (unpaired) electrons. The number of rotatable bonds is 5. The van der Waals surface area contributed by atoms with Crippen LogP contribution in [0.5, 0.6) is 0 Å². The smallest absolute Gasteiger partial charge is 0.0700 e. The summed E-state index contributed by atoms with van der Waals surface area (Å²) in [5, 5.41) is 3.49. The van der Waals surface area contributed by atoms with E-state index in [2.05, 4.69) is 37.9 Å². The Hall–Kier alpha value is -0.120. The molecule has 1 fully saturated rings. The van der Waals surface area contributed by atoms with Crippen LogP contribution >= 0.6 is 0 Å². The van der Waals surface area contributed by atoms with Gasteiger partial charge in [0.2, 0.25) is 0 Å². The molecule has 1 N–H and O–H groups in total. The molecule has 1 heterocycles. The Labute approximate surface area is 94.2 Å². The maximum atomic E-state index is 5.67. The predicted molar refractivity (Wildman–Crippen MR) is 64.2 cm³/mol. The van der Waals surface area contributed by atoms with E-state index < -0.39 is 0 Å². The Bertz CT molecular complexity index is 173. The molecule has 0 aliphatic carbocycles. The first-order valence-corrected chi connectivity index (χ1v) is 6.22. The van der Waals surface area contributed by atoms with Gasteiger partial charge in [0, 0.05) is 31.7 Å². The molecule has 0 bridgehead atoms. The van der Waals surface area contributed by atoms with Gasteiger partial charge in [0.1, 0.15) is 0 Å². The molecule has 90 valence electrons. The lowest BCUT2D eigenvalue weighted by Crippen LogP contribution is -2.50. The second kappa shape index (κ2) is 6.46. The SMILES string of the molecule is CCC1CN(C(C)CNC(C)C)CCO1. The highest BCUT2D eigenvalue weighted by atomic mass is 16.5. The van der Waals surface area contributed by atoms with Crippen LogP contribution in [0.4, 0.5) is 0 Å². The summed E-state index contributed by atoms with van der Waals surface area (Å²) >= 11 is 0. The molecule has 0 spiro atoms. The fourth-order valence-corrected chi connectivity index (χ4v) is 1.92. The van der Waals surface area contributed by atoms with E-state index in [0.29, 0.717) is 18.2 Å². The van der Waals surface area contributed by atoms with Crippen molar-refractivity contribution in [2.24, 2.45) is 0 Å². The average molecular weight is 214 g/mol. The molecule has 0 amide bonds. The molecular formula is C12H26N2O. The van der Waals surface area contributed by atoms with Crippen molar-refractivity contribution in [3.8, 4) is 0 Å². The Balaban J connectivity index is 2.28. The summed E-state index contributed by atoms with van der Waals surface area (Å²) in [7, 11) is 0. The van der Waals surface area contributed by atoms with E-state index in [1.165, 1.54) is 0 Å². The van der Waals surface area contributed by atoms with Crippen LogP contribution in [0, 0.1) is 0 Å². The minimum absolute atomic E-state index is 0.445. The van der Waals surface area contributed by atoms with E-state index in [4.69, 9.17) is 4.74 Å². The van der Waals surface area contributed by atoms with Crippen LogP contribution in [-0.4, -0.2) is 49.3 Å². The standard InChI is InChI=1S/C12H26N2O/c1-5-12-9-14(6-7-15-12)11(4)8-13-10(2)3/h10-13H,5-9H2,1-4H3. The number of nitrogens with zero attached hydrogens (tertiary/aromatic N) is 1. The molecule has 2 unspecified atom stereocenters. The van der Waals surface area contributed by atoms with E-state index >= 15 is 0 Å². The lowest BCUT2D eigenvalue weighted by atomic mass is 10.1. The predicted octanol–water partition coefficient (Wildman–Crippen LogP) is 1.48. The molecular weight excluding hydrogens is 188 g/mol. The van der Waals surface area contributed by atoms with Gasteiger partial charge in [-0.3, -0.25) is 4.90 Å². The third-order valence-corrected chi connectivity index (χ3v) is 3.07. The van der Waals surface area contributed by atoms with E-state index in [9.17, 15) is 0 Å². The van der Waals surface area contributed by atoms with Crippen molar-refractivity contribution in [1.82, 2.24) is 10.2 Å². The Morgan fingerprint density at radius 3 is 2.73 bits per heavy atom. The van der Waals surface area contributed by atoms with E-state index in [0.717, 1.165) is 32.7 Å². The van der Waals surface area contributed by atoms with Crippen LogP contribution in [0.3, 0.4) is 0 Å². The minimum Gasteiger partial charge on any atom is -0.376 e. The van der Waals surface area contributed by atoms with Gasteiger partial charge in [-0.25, -0.2) is 0 Å². The maximum Gasteiger partial charge on any atom is 0.0700 e. The highest BCUT2D eigenvalue weighted by Gasteiger charge is 2.22. The molecule has 3 heteroatoms. The fraction of sp³-hybridized carbons (Fsp3) is 1.00. The van der Waals surface area contributed by atoms with Crippen LogP contribution < -0.4 is 5.32 Å². The summed E-state index contributed by atoms with van der Waals surface area (Å²) < 4.78 is 5.67. The summed E-state index contributed by atoms with van der Waals surface area (Å²) in [6.07, 6.45) is 1.57. The zero-order valence-electron chi connectivity index (χ0n) is 10.6. The molecule has 1 saturated heterocycles. The van der Waals surface area contributed by atoms with Crippen molar-refractivity contribution < 1.29 is 4.74 Å².